The number of fused-ring (bicyclic) bond motifs is 1. The molecule has 4 aromatic rings. The summed E-state index contributed by atoms with van der Waals surface area (Å²) in [5.74, 6) is 2.98. The summed E-state index contributed by atoms with van der Waals surface area (Å²) in [6.07, 6.45) is 4.20. The van der Waals surface area contributed by atoms with E-state index in [1.807, 2.05) is 48.5 Å². The first kappa shape index (κ1) is 17.0. The number of ether oxygens (including phenoxy) is 1. The molecule has 28 heavy (non-hydrogen) atoms. The topological polar surface area (TPSA) is 78.6 Å². The molecule has 1 aliphatic rings. The van der Waals surface area contributed by atoms with E-state index in [9.17, 15) is 0 Å². The third-order valence-corrected chi connectivity index (χ3v) is 5.51. The van der Waals surface area contributed by atoms with Crippen LogP contribution in [0, 0.1) is 0 Å². The van der Waals surface area contributed by atoms with Gasteiger partial charge in [0.1, 0.15) is 17.3 Å². The average Bonchev–Trinajstić information content (AvgIpc) is 3.49. The second-order valence-corrected chi connectivity index (χ2v) is 7.39. The molecular formula is C22H23N5O. The van der Waals surface area contributed by atoms with Gasteiger partial charge in [-0.05, 0) is 67.4 Å². The molecule has 3 N–H and O–H groups in total. The van der Waals surface area contributed by atoms with Gasteiger partial charge in [0.25, 0.3) is 0 Å². The molecule has 2 atom stereocenters. The van der Waals surface area contributed by atoms with Crippen molar-refractivity contribution >= 4 is 11.0 Å². The first-order valence-corrected chi connectivity index (χ1v) is 9.77. The zero-order valence-corrected chi connectivity index (χ0v) is 15.8. The lowest BCUT2D eigenvalue weighted by Gasteiger charge is -2.16. The minimum Gasteiger partial charge on any atom is -0.457 e. The molecule has 2 aromatic heterocycles. The summed E-state index contributed by atoms with van der Waals surface area (Å²) in [5, 5.41) is 10.5. The zero-order valence-electron chi connectivity index (χ0n) is 15.8. The molecule has 1 saturated heterocycles. The van der Waals surface area contributed by atoms with Gasteiger partial charge in [-0.3, -0.25) is 5.10 Å². The van der Waals surface area contributed by atoms with Gasteiger partial charge in [-0.15, -0.1) is 0 Å². The Hall–Kier alpha value is -3.12. The van der Waals surface area contributed by atoms with Crippen LogP contribution in [0.5, 0.6) is 11.5 Å². The number of aromatic nitrogens is 4. The van der Waals surface area contributed by atoms with Crippen molar-refractivity contribution in [2.24, 2.45) is 0 Å². The molecule has 2 unspecified atom stereocenters. The normalized spacial score (nSPS) is 17.8. The van der Waals surface area contributed by atoms with E-state index in [2.05, 4.69) is 27.4 Å². The van der Waals surface area contributed by atoms with Crippen LogP contribution in [0.2, 0.25) is 0 Å². The molecule has 6 nitrogen and oxygen atoms in total. The number of aromatic amines is 2. The maximum atomic E-state index is 6.04. The molecule has 1 fully saturated rings. The van der Waals surface area contributed by atoms with E-state index in [4.69, 9.17) is 9.72 Å². The quantitative estimate of drug-likeness (QED) is 0.478. The van der Waals surface area contributed by atoms with Gasteiger partial charge in [0.05, 0.1) is 16.7 Å². The summed E-state index contributed by atoms with van der Waals surface area (Å²) in [6, 6.07) is 16.4. The van der Waals surface area contributed by atoms with E-state index >= 15 is 0 Å². The standard InChI is InChI=1S/C22H23N5O/c1-14(18-3-2-11-23-18)22-25-20-9-8-17(13-21(20)26-22)28-16-6-4-15(5-7-16)19-10-12-24-27-19/h4-10,12-14,18,23H,2-3,11H2,1H3,(H,24,27)(H,25,26). The lowest BCUT2D eigenvalue weighted by Crippen LogP contribution is -2.27. The Morgan fingerprint density at radius 1 is 1.07 bits per heavy atom. The monoisotopic (exact) mass is 373 g/mol. The van der Waals surface area contributed by atoms with Crippen molar-refractivity contribution in [2.45, 2.75) is 31.7 Å². The predicted molar refractivity (Wildman–Crippen MR) is 110 cm³/mol. The van der Waals surface area contributed by atoms with Gasteiger partial charge in [-0.2, -0.15) is 5.10 Å². The summed E-state index contributed by atoms with van der Waals surface area (Å²) in [4.78, 5) is 8.29. The van der Waals surface area contributed by atoms with Crippen molar-refractivity contribution in [3.05, 3.63) is 60.6 Å². The molecule has 0 spiro atoms. The third kappa shape index (κ3) is 3.27. The number of imidazole rings is 1. The van der Waals surface area contributed by atoms with Crippen LogP contribution < -0.4 is 10.1 Å². The van der Waals surface area contributed by atoms with Crippen molar-refractivity contribution in [3.8, 4) is 22.8 Å². The number of benzene rings is 2. The van der Waals surface area contributed by atoms with Gasteiger partial charge in [0.15, 0.2) is 0 Å². The largest absolute Gasteiger partial charge is 0.457 e. The number of nitrogens with one attached hydrogen (secondary N) is 3. The number of rotatable bonds is 5. The summed E-state index contributed by atoms with van der Waals surface area (Å²) < 4.78 is 6.04. The molecular weight excluding hydrogens is 350 g/mol. The van der Waals surface area contributed by atoms with E-state index in [0.29, 0.717) is 12.0 Å². The van der Waals surface area contributed by atoms with Gasteiger partial charge < -0.3 is 15.0 Å². The van der Waals surface area contributed by atoms with Gasteiger partial charge in [0, 0.05) is 24.2 Å². The summed E-state index contributed by atoms with van der Waals surface area (Å²) in [7, 11) is 0. The summed E-state index contributed by atoms with van der Waals surface area (Å²) in [6.45, 7) is 3.34. The highest BCUT2D eigenvalue weighted by Crippen LogP contribution is 2.29. The predicted octanol–water partition coefficient (Wildman–Crippen LogP) is 4.60. The van der Waals surface area contributed by atoms with Gasteiger partial charge in [-0.1, -0.05) is 6.92 Å². The average molecular weight is 373 g/mol. The molecule has 0 saturated carbocycles. The van der Waals surface area contributed by atoms with Crippen LogP contribution >= 0.6 is 0 Å². The van der Waals surface area contributed by atoms with Crippen molar-refractivity contribution in [1.29, 1.82) is 0 Å². The first-order chi connectivity index (χ1) is 13.8. The minimum atomic E-state index is 0.370. The molecule has 0 bridgehead atoms. The zero-order chi connectivity index (χ0) is 18.9. The highest BCUT2D eigenvalue weighted by atomic mass is 16.5. The second kappa shape index (κ2) is 7.13. The van der Waals surface area contributed by atoms with E-state index < -0.39 is 0 Å². The highest BCUT2D eigenvalue weighted by Gasteiger charge is 2.24. The Kier molecular flexibility index (Phi) is 4.33. The molecule has 0 aliphatic carbocycles. The maximum Gasteiger partial charge on any atom is 0.129 e. The number of H-pyrrole nitrogens is 2. The Morgan fingerprint density at radius 3 is 2.68 bits per heavy atom. The van der Waals surface area contributed by atoms with Crippen molar-refractivity contribution in [1.82, 2.24) is 25.5 Å². The first-order valence-electron chi connectivity index (χ1n) is 9.77. The lowest BCUT2D eigenvalue weighted by atomic mass is 10.00. The fraction of sp³-hybridized carbons (Fsp3) is 0.273. The van der Waals surface area contributed by atoms with E-state index in [-0.39, 0.29) is 0 Å². The molecule has 1 aliphatic heterocycles. The van der Waals surface area contributed by atoms with Crippen LogP contribution in [-0.2, 0) is 0 Å². The fourth-order valence-corrected chi connectivity index (χ4v) is 3.87. The molecule has 3 heterocycles. The van der Waals surface area contributed by atoms with Gasteiger partial charge >= 0.3 is 0 Å². The Labute approximate surface area is 163 Å². The highest BCUT2D eigenvalue weighted by molar-refractivity contribution is 5.77. The van der Waals surface area contributed by atoms with Gasteiger partial charge in [0.2, 0.25) is 0 Å². The van der Waals surface area contributed by atoms with Crippen LogP contribution in [0.25, 0.3) is 22.3 Å². The van der Waals surface area contributed by atoms with Crippen LogP contribution in [-0.4, -0.2) is 32.8 Å². The van der Waals surface area contributed by atoms with E-state index in [1.165, 1.54) is 12.8 Å². The lowest BCUT2D eigenvalue weighted by molar-refractivity contribution is 0.483. The number of hydrogen-bond acceptors (Lipinski definition) is 4. The second-order valence-electron chi connectivity index (χ2n) is 7.39. The van der Waals surface area contributed by atoms with Crippen molar-refractivity contribution in [3.63, 3.8) is 0 Å². The smallest absolute Gasteiger partial charge is 0.129 e. The molecule has 6 heteroatoms. The molecule has 2 aromatic carbocycles. The number of nitrogens with zero attached hydrogens (tertiary/aromatic N) is 2. The molecule has 0 radical (unpaired) electrons. The molecule has 142 valence electrons. The third-order valence-electron chi connectivity index (χ3n) is 5.51. The Balaban J connectivity index is 1.34. The fourth-order valence-electron chi connectivity index (χ4n) is 3.87. The summed E-state index contributed by atoms with van der Waals surface area (Å²) in [5.41, 5.74) is 4.04. The van der Waals surface area contributed by atoms with E-state index in [1.54, 1.807) is 6.20 Å². The van der Waals surface area contributed by atoms with Crippen LogP contribution in [0.1, 0.15) is 31.5 Å². The van der Waals surface area contributed by atoms with Crippen LogP contribution in [0.4, 0.5) is 0 Å². The Bertz CT molecular complexity index is 1060. The van der Waals surface area contributed by atoms with Crippen LogP contribution in [0.15, 0.2) is 54.7 Å². The molecule has 5 rings (SSSR count). The van der Waals surface area contributed by atoms with Crippen molar-refractivity contribution in [2.75, 3.05) is 6.54 Å². The van der Waals surface area contributed by atoms with Crippen LogP contribution in [0.3, 0.4) is 0 Å². The van der Waals surface area contributed by atoms with Gasteiger partial charge in [-0.25, -0.2) is 4.98 Å². The maximum absolute atomic E-state index is 6.04. The minimum absolute atomic E-state index is 0.370. The Morgan fingerprint density at radius 2 is 1.93 bits per heavy atom. The number of hydrogen-bond donors (Lipinski definition) is 3. The summed E-state index contributed by atoms with van der Waals surface area (Å²) >= 11 is 0. The van der Waals surface area contributed by atoms with E-state index in [0.717, 1.165) is 46.2 Å². The molecule has 0 amide bonds. The SMILES string of the molecule is CC(c1nc2cc(Oc3ccc(-c4ccn[nH]4)cc3)ccc2[nH]1)C1CCCN1. The van der Waals surface area contributed by atoms with Crippen molar-refractivity contribution < 1.29 is 4.74 Å².